The summed E-state index contributed by atoms with van der Waals surface area (Å²) in [5, 5.41) is 0. The monoisotopic (exact) mass is 144 g/mol. The van der Waals surface area contributed by atoms with Gasteiger partial charge in [0.25, 0.3) is 0 Å². The topological polar surface area (TPSA) is 37.3 Å². The zero-order chi connectivity index (χ0) is 4.99. The number of hydrogen-bond acceptors (Lipinski definition) is 1. The summed E-state index contributed by atoms with van der Waals surface area (Å²) in [6.07, 6.45) is 1.29. The van der Waals surface area contributed by atoms with E-state index in [2.05, 4.69) is 0 Å². The molecule has 0 rings (SSSR count). The second-order valence-electron chi connectivity index (χ2n) is 1.14. The molecule has 0 saturated carbocycles. The standard InChI is InChI=1S/C3H9O2P.ClH/c1-2-3-6(4)5;/h6H,2-3H2,1H3,(H,4,5);1H. The molecular weight excluding hydrogens is 134 g/mol. The fourth-order valence-electron chi connectivity index (χ4n) is 0.214. The fourth-order valence-corrected chi connectivity index (χ4v) is 0.642. The molecule has 0 bridgehead atoms. The Hall–Kier alpha value is 0.480. The van der Waals surface area contributed by atoms with E-state index < -0.39 is 8.03 Å². The van der Waals surface area contributed by atoms with Crippen molar-refractivity contribution >= 4 is 20.4 Å². The molecule has 0 aromatic rings. The zero-order valence-electron chi connectivity index (χ0n) is 4.18. The SMILES string of the molecule is CCC[PH](=O)O.Cl. The summed E-state index contributed by atoms with van der Waals surface area (Å²) in [6.45, 7) is 1.89. The van der Waals surface area contributed by atoms with Crippen LogP contribution in [0.15, 0.2) is 0 Å². The molecule has 0 amide bonds. The van der Waals surface area contributed by atoms with E-state index in [1.54, 1.807) is 0 Å². The first-order valence-corrected chi connectivity index (χ1v) is 3.55. The van der Waals surface area contributed by atoms with Gasteiger partial charge in [0.05, 0.1) is 0 Å². The first-order valence-electron chi connectivity index (χ1n) is 1.99. The third kappa shape index (κ3) is 10.7. The van der Waals surface area contributed by atoms with Gasteiger partial charge >= 0.3 is 0 Å². The van der Waals surface area contributed by atoms with E-state index in [4.69, 9.17) is 4.89 Å². The summed E-state index contributed by atoms with van der Waals surface area (Å²) in [4.78, 5) is 8.10. The Kier molecular flexibility index (Phi) is 9.68. The Bertz CT molecular complexity index is 56.9. The molecule has 0 heterocycles. The van der Waals surface area contributed by atoms with Crippen LogP contribution in [0.5, 0.6) is 0 Å². The summed E-state index contributed by atoms with van der Waals surface area (Å²) in [7, 11) is -2.14. The first-order chi connectivity index (χ1) is 2.77. The lowest BCUT2D eigenvalue weighted by atomic mass is 10.6. The summed E-state index contributed by atoms with van der Waals surface area (Å²) >= 11 is 0. The Morgan fingerprint density at radius 1 is 1.71 bits per heavy atom. The molecule has 0 aliphatic heterocycles. The van der Waals surface area contributed by atoms with Gasteiger partial charge in [-0.2, -0.15) is 0 Å². The second-order valence-corrected chi connectivity index (χ2v) is 2.43. The van der Waals surface area contributed by atoms with Crippen molar-refractivity contribution in [3.63, 3.8) is 0 Å². The van der Waals surface area contributed by atoms with Gasteiger partial charge in [0.1, 0.15) is 0 Å². The molecule has 0 radical (unpaired) electrons. The van der Waals surface area contributed by atoms with Gasteiger partial charge in [0.15, 0.2) is 8.03 Å². The number of rotatable bonds is 2. The van der Waals surface area contributed by atoms with E-state index in [9.17, 15) is 4.57 Å². The van der Waals surface area contributed by atoms with E-state index in [1.807, 2.05) is 6.92 Å². The van der Waals surface area contributed by atoms with Crippen LogP contribution >= 0.6 is 20.4 Å². The third-order valence-corrected chi connectivity index (χ3v) is 1.39. The minimum atomic E-state index is -2.14. The Morgan fingerprint density at radius 3 is 2.14 bits per heavy atom. The maximum atomic E-state index is 9.78. The average molecular weight is 145 g/mol. The summed E-state index contributed by atoms with van der Waals surface area (Å²) in [5.74, 6) is 0. The molecule has 0 aromatic carbocycles. The van der Waals surface area contributed by atoms with E-state index >= 15 is 0 Å². The summed E-state index contributed by atoms with van der Waals surface area (Å²) < 4.78 is 9.78. The van der Waals surface area contributed by atoms with Crippen molar-refractivity contribution in [3.8, 4) is 0 Å². The average Bonchev–Trinajstić information content (AvgIpc) is 1.35. The predicted octanol–water partition coefficient (Wildman–Crippen LogP) is 1.29. The van der Waals surface area contributed by atoms with Gasteiger partial charge in [-0.25, -0.2) is 0 Å². The number of hydrogen-bond donors (Lipinski definition) is 1. The maximum absolute atomic E-state index is 9.78. The quantitative estimate of drug-likeness (QED) is 0.593. The highest BCUT2D eigenvalue weighted by Crippen LogP contribution is 2.12. The van der Waals surface area contributed by atoms with Crippen molar-refractivity contribution in [2.75, 3.05) is 6.16 Å². The molecule has 46 valence electrons. The molecule has 0 fully saturated rings. The van der Waals surface area contributed by atoms with Gasteiger partial charge in [-0.05, 0) is 6.42 Å². The van der Waals surface area contributed by atoms with Crippen LogP contribution in [-0.4, -0.2) is 11.1 Å². The highest BCUT2D eigenvalue weighted by atomic mass is 35.5. The fraction of sp³-hybridized carbons (Fsp3) is 1.00. The lowest BCUT2D eigenvalue weighted by molar-refractivity contribution is 0.502. The Labute approximate surface area is 50.2 Å². The lowest BCUT2D eigenvalue weighted by Gasteiger charge is -1.82. The molecule has 1 unspecified atom stereocenters. The van der Waals surface area contributed by atoms with Crippen molar-refractivity contribution < 1.29 is 9.46 Å². The molecule has 0 spiro atoms. The van der Waals surface area contributed by atoms with Crippen LogP contribution in [0.2, 0.25) is 0 Å². The minimum Gasteiger partial charge on any atom is -0.346 e. The van der Waals surface area contributed by atoms with Crippen LogP contribution in [0, 0.1) is 0 Å². The molecule has 0 aromatic heterocycles. The van der Waals surface area contributed by atoms with Crippen molar-refractivity contribution in [1.82, 2.24) is 0 Å². The molecular formula is C3H10ClO2P. The molecule has 0 aliphatic rings. The largest absolute Gasteiger partial charge is 0.346 e. The van der Waals surface area contributed by atoms with Crippen LogP contribution < -0.4 is 0 Å². The van der Waals surface area contributed by atoms with Gasteiger partial charge in [0, 0.05) is 6.16 Å². The van der Waals surface area contributed by atoms with Gasteiger partial charge < -0.3 is 4.89 Å². The van der Waals surface area contributed by atoms with E-state index in [-0.39, 0.29) is 12.4 Å². The lowest BCUT2D eigenvalue weighted by Crippen LogP contribution is -1.67. The molecule has 4 heteroatoms. The van der Waals surface area contributed by atoms with Gasteiger partial charge in [-0.3, -0.25) is 4.57 Å². The number of halogens is 1. The highest BCUT2D eigenvalue weighted by molar-refractivity contribution is 7.37. The summed E-state index contributed by atoms with van der Waals surface area (Å²) in [6, 6.07) is 0. The minimum absolute atomic E-state index is 0. The van der Waals surface area contributed by atoms with Gasteiger partial charge in [-0.15, -0.1) is 12.4 Å². The molecule has 2 nitrogen and oxygen atoms in total. The van der Waals surface area contributed by atoms with Gasteiger partial charge in [0.2, 0.25) is 0 Å². The van der Waals surface area contributed by atoms with Crippen molar-refractivity contribution in [2.45, 2.75) is 13.3 Å². The Morgan fingerprint density at radius 2 is 2.14 bits per heavy atom. The van der Waals surface area contributed by atoms with Crippen LogP contribution in [0.25, 0.3) is 0 Å². The normalized spacial score (nSPS) is 12.3. The summed E-state index contributed by atoms with van der Waals surface area (Å²) in [5.41, 5.74) is 0. The molecule has 0 saturated heterocycles. The smallest absolute Gasteiger partial charge is 0.189 e. The van der Waals surface area contributed by atoms with Crippen LogP contribution in [0.4, 0.5) is 0 Å². The Balaban J connectivity index is 0. The molecule has 7 heavy (non-hydrogen) atoms. The van der Waals surface area contributed by atoms with Crippen molar-refractivity contribution in [1.29, 1.82) is 0 Å². The van der Waals surface area contributed by atoms with Gasteiger partial charge in [-0.1, -0.05) is 6.92 Å². The maximum Gasteiger partial charge on any atom is 0.189 e. The van der Waals surface area contributed by atoms with Crippen LogP contribution in [-0.2, 0) is 4.57 Å². The van der Waals surface area contributed by atoms with Crippen molar-refractivity contribution in [2.24, 2.45) is 0 Å². The van der Waals surface area contributed by atoms with E-state index in [1.165, 1.54) is 0 Å². The first kappa shape index (κ1) is 10.5. The molecule has 0 aliphatic carbocycles. The van der Waals surface area contributed by atoms with E-state index in [0.717, 1.165) is 6.42 Å². The predicted molar refractivity (Wildman–Crippen MR) is 33.6 cm³/mol. The van der Waals surface area contributed by atoms with Crippen LogP contribution in [0.3, 0.4) is 0 Å². The second kappa shape index (κ2) is 6.48. The van der Waals surface area contributed by atoms with E-state index in [0.29, 0.717) is 6.16 Å². The highest BCUT2D eigenvalue weighted by Gasteiger charge is 1.83. The zero-order valence-corrected chi connectivity index (χ0v) is 5.99. The van der Waals surface area contributed by atoms with Crippen molar-refractivity contribution in [3.05, 3.63) is 0 Å². The molecule has 1 atom stereocenters. The molecule has 1 N–H and O–H groups in total. The van der Waals surface area contributed by atoms with Crippen LogP contribution in [0.1, 0.15) is 13.3 Å². The third-order valence-electron chi connectivity index (χ3n) is 0.464.